The van der Waals surface area contributed by atoms with Crippen LogP contribution in [-0.2, 0) is 0 Å². The lowest BCUT2D eigenvalue weighted by Gasteiger charge is -2.17. The zero-order valence-electron chi connectivity index (χ0n) is 33.4. The molecular weight excluding hydrogens is 745 g/mol. The zero-order chi connectivity index (χ0) is 41.0. The first-order chi connectivity index (χ1) is 30.1. The minimum Gasteiger partial charge on any atom is -0.253 e. The lowest BCUT2D eigenvalue weighted by Crippen LogP contribution is -2.00. The highest BCUT2D eigenvalue weighted by Crippen LogP contribution is 2.41. The van der Waals surface area contributed by atoms with Gasteiger partial charge in [-0.1, -0.05) is 182 Å². The lowest BCUT2D eigenvalue weighted by molar-refractivity contribution is 1.07. The maximum atomic E-state index is 5.24. The van der Waals surface area contributed by atoms with Gasteiger partial charge in [0.1, 0.15) is 0 Å². The summed E-state index contributed by atoms with van der Waals surface area (Å²) in [6.07, 6.45) is 0. The van der Waals surface area contributed by atoms with Crippen LogP contribution >= 0.6 is 0 Å². The van der Waals surface area contributed by atoms with Gasteiger partial charge in [0.15, 0.2) is 23.3 Å². The molecule has 288 valence electrons. The van der Waals surface area contributed by atoms with Crippen molar-refractivity contribution in [1.82, 2.24) is 29.9 Å². The van der Waals surface area contributed by atoms with Gasteiger partial charge in [-0.05, 0) is 59.5 Å². The fraction of sp³-hybridized carbons (Fsp3) is 0.0182. The van der Waals surface area contributed by atoms with Crippen LogP contribution in [0.5, 0.6) is 0 Å². The Morgan fingerprint density at radius 3 is 1.28 bits per heavy atom. The van der Waals surface area contributed by atoms with Gasteiger partial charge in [0, 0.05) is 44.6 Å². The predicted molar refractivity (Wildman–Crippen MR) is 247 cm³/mol. The number of aryl methyl sites for hydroxylation is 1. The van der Waals surface area contributed by atoms with Crippen molar-refractivity contribution < 1.29 is 0 Å². The van der Waals surface area contributed by atoms with Gasteiger partial charge in [0.2, 0.25) is 0 Å². The van der Waals surface area contributed by atoms with Gasteiger partial charge in [-0.2, -0.15) is 0 Å². The van der Waals surface area contributed by atoms with Crippen molar-refractivity contribution in [3.63, 3.8) is 0 Å². The normalized spacial score (nSPS) is 11.0. The maximum absolute atomic E-state index is 5.24. The molecule has 0 N–H and O–H groups in total. The van der Waals surface area contributed by atoms with Crippen molar-refractivity contribution in [3.8, 4) is 102 Å². The minimum atomic E-state index is 0.605. The SMILES string of the molecule is Cc1cccc(-c2ccc(-c3cccc(-c4nc(-c5ccccc5)nc(-c5ccccc5)n4)c3)cc2-c2ccccc2-c2cc(-c3ccccc3)nc(-c3ccccc3)n2)n1. The van der Waals surface area contributed by atoms with Gasteiger partial charge in [-0.3, -0.25) is 4.98 Å². The van der Waals surface area contributed by atoms with Gasteiger partial charge in [0.25, 0.3) is 0 Å². The number of rotatable bonds is 9. The number of nitrogens with zero attached hydrogens (tertiary/aromatic N) is 6. The molecule has 7 aromatic carbocycles. The molecule has 0 spiro atoms. The Labute approximate surface area is 355 Å². The summed E-state index contributed by atoms with van der Waals surface area (Å²) in [6.45, 7) is 2.03. The predicted octanol–water partition coefficient (Wildman–Crippen LogP) is 13.4. The van der Waals surface area contributed by atoms with Crippen molar-refractivity contribution in [1.29, 1.82) is 0 Å². The van der Waals surface area contributed by atoms with Gasteiger partial charge in [-0.15, -0.1) is 0 Å². The van der Waals surface area contributed by atoms with E-state index in [1.807, 2.05) is 110 Å². The van der Waals surface area contributed by atoms with Crippen LogP contribution in [0.15, 0.2) is 212 Å². The summed E-state index contributed by atoms with van der Waals surface area (Å²) in [5.74, 6) is 2.52. The largest absolute Gasteiger partial charge is 0.253 e. The van der Waals surface area contributed by atoms with Crippen LogP contribution < -0.4 is 0 Å². The molecule has 0 atom stereocenters. The number of benzene rings is 7. The number of pyridine rings is 1. The molecule has 0 saturated heterocycles. The second-order valence-electron chi connectivity index (χ2n) is 14.8. The summed E-state index contributed by atoms with van der Waals surface area (Å²) in [5, 5.41) is 0. The minimum absolute atomic E-state index is 0.605. The van der Waals surface area contributed by atoms with Gasteiger partial charge < -0.3 is 0 Å². The molecule has 6 nitrogen and oxygen atoms in total. The average molecular weight is 783 g/mol. The smallest absolute Gasteiger partial charge is 0.164 e. The zero-order valence-corrected chi connectivity index (χ0v) is 33.4. The van der Waals surface area contributed by atoms with Crippen LogP contribution in [0.2, 0.25) is 0 Å². The van der Waals surface area contributed by atoms with E-state index < -0.39 is 0 Å². The monoisotopic (exact) mass is 782 g/mol. The molecule has 0 fully saturated rings. The van der Waals surface area contributed by atoms with Crippen molar-refractivity contribution in [3.05, 3.63) is 218 Å². The Bertz CT molecular complexity index is 3020. The molecule has 0 bridgehead atoms. The molecule has 0 aliphatic carbocycles. The van der Waals surface area contributed by atoms with E-state index in [4.69, 9.17) is 29.9 Å². The van der Waals surface area contributed by atoms with Gasteiger partial charge in [0.05, 0.1) is 17.1 Å². The van der Waals surface area contributed by atoms with E-state index in [0.717, 1.165) is 84.0 Å². The molecule has 0 aliphatic heterocycles. The molecule has 0 unspecified atom stereocenters. The molecule has 0 saturated carbocycles. The van der Waals surface area contributed by atoms with Gasteiger partial charge in [-0.25, -0.2) is 24.9 Å². The molecule has 0 radical (unpaired) electrons. The van der Waals surface area contributed by atoms with E-state index in [0.29, 0.717) is 23.3 Å². The molecule has 61 heavy (non-hydrogen) atoms. The first-order valence-corrected chi connectivity index (χ1v) is 20.3. The third-order valence-corrected chi connectivity index (χ3v) is 10.7. The molecule has 3 aromatic heterocycles. The average Bonchev–Trinajstić information content (AvgIpc) is 3.34. The quantitative estimate of drug-likeness (QED) is 0.145. The molecular formula is C55H38N6. The van der Waals surface area contributed by atoms with Crippen LogP contribution in [0.25, 0.3) is 102 Å². The van der Waals surface area contributed by atoms with Crippen LogP contribution in [0.3, 0.4) is 0 Å². The molecule has 10 aromatic rings. The van der Waals surface area contributed by atoms with Crippen LogP contribution in [-0.4, -0.2) is 29.9 Å². The molecule has 10 rings (SSSR count). The molecule has 0 aliphatic rings. The van der Waals surface area contributed by atoms with E-state index >= 15 is 0 Å². The summed E-state index contributed by atoms with van der Waals surface area (Å²) in [6, 6.07) is 72.4. The number of hydrogen-bond donors (Lipinski definition) is 0. The Morgan fingerprint density at radius 2 is 0.672 bits per heavy atom. The summed E-state index contributed by atoms with van der Waals surface area (Å²) >= 11 is 0. The summed E-state index contributed by atoms with van der Waals surface area (Å²) in [4.78, 5) is 30.3. The number of hydrogen-bond acceptors (Lipinski definition) is 6. The standard InChI is InChI=1S/C55H38N6/c1-37-18-16-31-49(56-37)47-33-32-43(42-27-17-28-44(34-42)55-60-53(40-23-10-4-11-24-40)59-54(61-55)41-25-12-5-13-26-41)35-48(47)45-29-14-15-30-46(45)51-36-50(38-19-6-2-7-20-38)57-52(58-51)39-21-8-3-9-22-39/h2-36H,1H3. The first-order valence-electron chi connectivity index (χ1n) is 20.3. The fourth-order valence-corrected chi connectivity index (χ4v) is 7.64. The van der Waals surface area contributed by atoms with Crippen LogP contribution in [0.4, 0.5) is 0 Å². The van der Waals surface area contributed by atoms with Crippen molar-refractivity contribution in [2.45, 2.75) is 6.92 Å². The van der Waals surface area contributed by atoms with Crippen molar-refractivity contribution >= 4 is 0 Å². The number of aromatic nitrogens is 6. The first kappa shape index (κ1) is 37.1. The second-order valence-corrected chi connectivity index (χ2v) is 14.8. The highest BCUT2D eigenvalue weighted by atomic mass is 15.0. The van der Waals surface area contributed by atoms with E-state index in [9.17, 15) is 0 Å². The topological polar surface area (TPSA) is 77.3 Å². The Hall–Kier alpha value is -8.22. The van der Waals surface area contributed by atoms with Crippen LogP contribution in [0, 0.1) is 6.92 Å². The van der Waals surface area contributed by atoms with Crippen molar-refractivity contribution in [2.75, 3.05) is 0 Å². The van der Waals surface area contributed by atoms with Crippen molar-refractivity contribution in [2.24, 2.45) is 0 Å². The fourth-order valence-electron chi connectivity index (χ4n) is 7.64. The van der Waals surface area contributed by atoms with E-state index in [2.05, 4.69) is 109 Å². The second kappa shape index (κ2) is 16.6. The van der Waals surface area contributed by atoms with E-state index in [1.54, 1.807) is 0 Å². The van der Waals surface area contributed by atoms with E-state index in [1.165, 1.54) is 0 Å². The van der Waals surface area contributed by atoms with Crippen LogP contribution in [0.1, 0.15) is 5.69 Å². The Balaban J connectivity index is 1.13. The third-order valence-electron chi connectivity index (χ3n) is 10.7. The highest BCUT2D eigenvalue weighted by Gasteiger charge is 2.19. The third kappa shape index (κ3) is 7.86. The Kier molecular flexibility index (Phi) is 10.1. The lowest BCUT2D eigenvalue weighted by atomic mass is 9.89. The summed E-state index contributed by atoms with van der Waals surface area (Å²) in [5.41, 5.74) is 14.4. The highest BCUT2D eigenvalue weighted by molar-refractivity contribution is 5.93. The molecule has 3 heterocycles. The molecule has 6 heteroatoms. The van der Waals surface area contributed by atoms with E-state index in [-0.39, 0.29) is 0 Å². The molecule has 0 amide bonds. The summed E-state index contributed by atoms with van der Waals surface area (Å²) in [7, 11) is 0. The summed E-state index contributed by atoms with van der Waals surface area (Å²) < 4.78 is 0. The maximum Gasteiger partial charge on any atom is 0.164 e. The van der Waals surface area contributed by atoms with Gasteiger partial charge >= 0.3 is 0 Å². The Morgan fingerprint density at radius 1 is 0.230 bits per heavy atom.